The van der Waals surface area contributed by atoms with Gasteiger partial charge in [-0.1, -0.05) is 49.1 Å². The van der Waals surface area contributed by atoms with E-state index >= 15 is 0 Å². The van der Waals surface area contributed by atoms with Crippen LogP contribution < -0.4 is 15.8 Å². The van der Waals surface area contributed by atoms with Gasteiger partial charge < -0.3 is 15.2 Å². The number of fused-ring (bicyclic) bond motifs is 1. The second-order valence-corrected chi connectivity index (χ2v) is 9.62. The summed E-state index contributed by atoms with van der Waals surface area (Å²) in [5, 5.41) is 4.14. The molecule has 30 heavy (non-hydrogen) atoms. The molecule has 1 amide bonds. The number of piperidine rings is 1. The summed E-state index contributed by atoms with van der Waals surface area (Å²) in [5.41, 5.74) is 2.24. The first-order chi connectivity index (χ1) is 14.5. The van der Waals surface area contributed by atoms with Crippen LogP contribution in [0.1, 0.15) is 44.6 Å². The summed E-state index contributed by atoms with van der Waals surface area (Å²) >= 11 is 2.59. The molecule has 0 spiro atoms. The average Bonchev–Trinajstić information content (AvgIpc) is 3.18. The highest BCUT2D eigenvalue weighted by Crippen LogP contribution is 2.28. The molecule has 2 N–H and O–H groups in total. The number of benzene rings is 1. The molecule has 3 heterocycles. The molecule has 0 saturated carbocycles. The van der Waals surface area contributed by atoms with Gasteiger partial charge in [0.15, 0.2) is 15.9 Å². The van der Waals surface area contributed by atoms with Gasteiger partial charge in [0, 0.05) is 18.8 Å². The molecule has 1 aromatic carbocycles. The highest BCUT2D eigenvalue weighted by Gasteiger charge is 2.18. The molecule has 158 valence electrons. The molecule has 3 aromatic rings. The van der Waals surface area contributed by atoms with Crippen molar-refractivity contribution in [3.05, 3.63) is 40.2 Å². The summed E-state index contributed by atoms with van der Waals surface area (Å²) in [5.74, 6) is 0.459. The molecule has 1 aliphatic rings. The van der Waals surface area contributed by atoms with Crippen molar-refractivity contribution in [2.24, 2.45) is 0 Å². The molecule has 7 nitrogen and oxygen atoms in total. The van der Waals surface area contributed by atoms with Crippen molar-refractivity contribution in [1.82, 2.24) is 15.0 Å². The normalized spacial score (nSPS) is 14.4. The first-order valence-corrected chi connectivity index (χ1v) is 12.0. The van der Waals surface area contributed by atoms with Gasteiger partial charge in [0.1, 0.15) is 4.70 Å². The minimum absolute atomic E-state index is 0.146. The number of thioether (sulfide) groups is 1. The number of rotatable bonds is 6. The number of carbonyl (C=O) groups excluding carboxylic acids is 1. The van der Waals surface area contributed by atoms with Crippen LogP contribution in [-0.2, 0) is 4.79 Å². The predicted octanol–water partition coefficient (Wildman–Crippen LogP) is 4.22. The Kier molecular flexibility index (Phi) is 6.38. The summed E-state index contributed by atoms with van der Waals surface area (Å²) in [4.78, 5) is 38.8. The minimum Gasteiger partial charge on any atom is -0.348 e. The van der Waals surface area contributed by atoms with Gasteiger partial charge >= 0.3 is 0 Å². The summed E-state index contributed by atoms with van der Waals surface area (Å²) in [6.45, 7) is 6.20. The van der Waals surface area contributed by atoms with Gasteiger partial charge in [-0.05, 0) is 42.9 Å². The van der Waals surface area contributed by atoms with Crippen molar-refractivity contribution >= 4 is 50.2 Å². The van der Waals surface area contributed by atoms with Crippen molar-refractivity contribution in [3.8, 4) is 0 Å². The Bertz CT molecular complexity index is 1080. The van der Waals surface area contributed by atoms with Gasteiger partial charge in [-0.15, -0.1) is 0 Å². The van der Waals surface area contributed by atoms with E-state index in [0.717, 1.165) is 36.8 Å². The lowest BCUT2D eigenvalue weighted by Crippen LogP contribution is -2.29. The minimum atomic E-state index is -0.201. The summed E-state index contributed by atoms with van der Waals surface area (Å²) in [6, 6.07) is 7.84. The fourth-order valence-corrected chi connectivity index (χ4v) is 4.98. The number of aromatic amines is 1. The zero-order valence-electron chi connectivity index (χ0n) is 17.1. The van der Waals surface area contributed by atoms with Gasteiger partial charge in [-0.3, -0.25) is 9.59 Å². The van der Waals surface area contributed by atoms with E-state index in [1.807, 2.05) is 24.3 Å². The smallest absolute Gasteiger partial charge is 0.271 e. The average molecular weight is 444 g/mol. The number of nitrogens with zero attached hydrogens (tertiary/aromatic N) is 3. The van der Waals surface area contributed by atoms with Crippen LogP contribution in [0.3, 0.4) is 0 Å². The maximum absolute atomic E-state index is 12.5. The predicted molar refractivity (Wildman–Crippen MR) is 124 cm³/mol. The summed E-state index contributed by atoms with van der Waals surface area (Å²) < 4.78 is 0.537. The van der Waals surface area contributed by atoms with Crippen LogP contribution in [0.2, 0.25) is 0 Å². The molecular formula is C21H25N5O2S2. The second-order valence-electron chi connectivity index (χ2n) is 7.68. The fourth-order valence-electron chi connectivity index (χ4n) is 3.37. The van der Waals surface area contributed by atoms with E-state index in [1.54, 1.807) is 0 Å². The van der Waals surface area contributed by atoms with Crippen LogP contribution in [-0.4, -0.2) is 39.7 Å². The van der Waals surface area contributed by atoms with Crippen molar-refractivity contribution in [2.75, 3.05) is 29.1 Å². The number of carbonyl (C=O) groups is 1. The molecule has 2 aromatic heterocycles. The van der Waals surface area contributed by atoms with E-state index in [9.17, 15) is 9.59 Å². The van der Waals surface area contributed by atoms with Crippen molar-refractivity contribution < 1.29 is 4.79 Å². The van der Waals surface area contributed by atoms with Gasteiger partial charge in [0.25, 0.3) is 5.56 Å². The Hall–Kier alpha value is -2.39. The quantitative estimate of drug-likeness (QED) is 0.438. The van der Waals surface area contributed by atoms with Crippen LogP contribution in [0.15, 0.2) is 34.2 Å². The van der Waals surface area contributed by atoms with Crippen LogP contribution >= 0.6 is 23.1 Å². The molecule has 1 saturated heterocycles. The van der Waals surface area contributed by atoms with Crippen LogP contribution in [0.25, 0.3) is 10.3 Å². The highest BCUT2D eigenvalue weighted by molar-refractivity contribution is 7.99. The molecule has 1 fully saturated rings. The number of thiazole rings is 1. The Morgan fingerprint density at radius 1 is 1.20 bits per heavy atom. The zero-order chi connectivity index (χ0) is 21.1. The Balaban J connectivity index is 1.40. The fraction of sp³-hybridized carbons (Fsp3) is 0.429. The second kappa shape index (κ2) is 9.18. The lowest BCUT2D eigenvalue weighted by atomic mass is 10.0. The number of hydrogen-bond acceptors (Lipinski definition) is 7. The third-order valence-electron chi connectivity index (χ3n) is 5.06. The van der Waals surface area contributed by atoms with Crippen molar-refractivity contribution in [3.63, 3.8) is 0 Å². The monoisotopic (exact) mass is 443 g/mol. The maximum Gasteiger partial charge on any atom is 0.271 e. The van der Waals surface area contributed by atoms with E-state index in [0.29, 0.717) is 21.4 Å². The third-order valence-corrected chi connectivity index (χ3v) is 7.04. The SMILES string of the molecule is CC(C)c1ccc(NC(=O)CSc2nc3nc(N4CCCCC4)sc3c(=O)[nH]2)cc1. The van der Waals surface area contributed by atoms with Gasteiger partial charge in [-0.2, -0.15) is 4.98 Å². The third kappa shape index (κ3) is 4.84. The summed E-state index contributed by atoms with van der Waals surface area (Å²) in [6.07, 6.45) is 3.54. The van der Waals surface area contributed by atoms with Crippen LogP contribution in [0.4, 0.5) is 10.8 Å². The lowest BCUT2D eigenvalue weighted by molar-refractivity contribution is -0.113. The van der Waals surface area contributed by atoms with Crippen molar-refractivity contribution in [2.45, 2.75) is 44.2 Å². The van der Waals surface area contributed by atoms with Crippen molar-refractivity contribution in [1.29, 1.82) is 0 Å². The largest absolute Gasteiger partial charge is 0.348 e. The first kappa shape index (κ1) is 20.9. The maximum atomic E-state index is 12.5. The summed E-state index contributed by atoms with van der Waals surface area (Å²) in [7, 11) is 0. The number of H-pyrrole nitrogens is 1. The Morgan fingerprint density at radius 2 is 1.93 bits per heavy atom. The molecule has 0 unspecified atom stereocenters. The zero-order valence-corrected chi connectivity index (χ0v) is 18.7. The van der Waals surface area contributed by atoms with E-state index in [-0.39, 0.29) is 17.2 Å². The molecule has 9 heteroatoms. The lowest BCUT2D eigenvalue weighted by Gasteiger charge is -2.25. The Morgan fingerprint density at radius 3 is 2.63 bits per heavy atom. The number of aromatic nitrogens is 3. The molecule has 0 atom stereocenters. The van der Waals surface area contributed by atoms with Crippen LogP contribution in [0, 0.1) is 0 Å². The van der Waals surface area contributed by atoms with Gasteiger partial charge in [0.05, 0.1) is 5.75 Å². The molecule has 1 aliphatic heterocycles. The van der Waals surface area contributed by atoms with E-state index in [4.69, 9.17) is 0 Å². The molecule has 0 bridgehead atoms. The van der Waals surface area contributed by atoms with Gasteiger partial charge in [0.2, 0.25) is 5.91 Å². The van der Waals surface area contributed by atoms with E-state index < -0.39 is 0 Å². The Labute approximate surface area is 183 Å². The number of amides is 1. The molecular weight excluding hydrogens is 418 g/mol. The molecule has 0 radical (unpaired) electrons. The van der Waals surface area contributed by atoms with E-state index in [2.05, 4.69) is 39.0 Å². The molecule has 4 rings (SSSR count). The topological polar surface area (TPSA) is 91.0 Å². The highest BCUT2D eigenvalue weighted by atomic mass is 32.2. The number of nitrogens with one attached hydrogen (secondary N) is 2. The standard InChI is InChI=1S/C21H25N5O2S2/c1-13(2)14-6-8-15(9-7-14)22-16(27)12-29-20-23-18-17(19(28)25-20)30-21(24-18)26-10-4-3-5-11-26/h6-9,13H,3-5,10-12H2,1-2H3,(H,22,27)(H,23,25,28). The van der Waals surface area contributed by atoms with Gasteiger partial charge in [-0.25, -0.2) is 4.98 Å². The number of hydrogen-bond donors (Lipinski definition) is 2. The van der Waals surface area contributed by atoms with E-state index in [1.165, 1.54) is 35.1 Å². The number of anilines is 2. The molecule has 0 aliphatic carbocycles. The first-order valence-electron chi connectivity index (χ1n) is 10.2. The van der Waals surface area contributed by atoms with Crippen LogP contribution in [0.5, 0.6) is 0 Å².